The van der Waals surface area contributed by atoms with Crippen LogP contribution < -0.4 is 10.7 Å². The van der Waals surface area contributed by atoms with Crippen LogP contribution in [0.4, 0.5) is 15.3 Å². The molecule has 0 aromatic heterocycles. The van der Waals surface area contributed by atoms with Crippen LogP contribution >= 0.6 is 0 Å². The number of amides is 2. The van der Waals surface area contributed by atoms with Gasteiger partial charge in [0.25, 0.3) is 0 Å². The molecule has 2 aromatic carbocycles. The molecule has 0 aliphatic carbocycles. The van der Waals surface area contributed by atoms with E-state index < -0.39 is 29.1 Å². The second kappa shape index (κ2) is 12.2. The number of benzene rings is 2. The number of carbonyl (C=O) groups excluding carboxylic acids is 2. The Morgan fingerprint density at radius 2 is 1.51 bits per heavy atom. The molecule has 39 heavy (non-hydrogen) atoms. The molecule has 1 aliphatic heterocycles. The molecule has 3 rings (SSSR count). The van der Waals surface area contributed by atoms with E-state index in [1.54, 1.807) is 0 Å². The molecule has 2 N–H and O–H groups in total. The van der Waals surface area contributed by atoms with E-state index in [0.29, 0.717) is 5.69 Å². The number of ether oxygens (including phenoxy) is 3. The first kappa shape index (κ1) is 30.2. The third-order valence-electron chi connectivity index (χ3n) is 5.87. The summed E-state index contributed by atoms with van der Waals surface area (Å²) in [6, 6.07) is 17.5. The van der Waals surface area contributed by atoms with Crippen LogP contribution in [0.1, 0.15) is 79.0 Å². The molecule has 0 bridgehead atoms. The molecule has 0 unspecified atom stereocenters. The van der Waals surface area contributed by atoms with Crippen LogP contribution in [0.25, 0.3) is 0 Å². The molecular formula is C31H43N3O5. The van der Waals surface area contributed by atoms with Gasteiger partial charge in [0, 0.05) is 5.69 Å². The molecular weight excluding hydrogens is 494 g/mol. The first-order valence-electron chi connectivity index (χ1n) is 13.4. The molecule has 1 saturated heterocycles. The van der Waals surface area contributed by atoms with Crippen molar-refractivity contribution >= 4 is 17.9 Å². The summed E-state index contributed by atoms with van der Waals surface area (Å²) in [5, 5.41) is 4.58. The van der Waals surface area contributed by atoms with E-state index in [1.165, 1.54) is 0 Å². The third-order valence-corrected chi connectivity index (χ3v) is 5.87. The monoisotopic (exact) mass is 537 g/mol. The van der Waals surface area contributed by atoms with Crippen LogP contribution in [0.2, 0.25) is 0 Å². The van der Waals surface area contributed by atoms with Crippen molar-refractivity contribution in [1.29, 1.82) is 0 Å². The Hall–Kier alpha value is -3.36. The minimum atomic E-state index is -0.761. The lowest BCUT2D eigenvalue weighted by Gasteiger charge is -2.33. The summed E-state index contributed by atoms with van der Waals surface area (Å²) in [4.78, 5) is 24.7. The second-order valence-corrected chi connectivity index (χ2v) is 12.2. The van der Waals surface area contributed by atoms with Crippen LogP contribution in [0.3, 0.4) is 0 Å². The number of carbonyl (C=O) groups is 2. The molecule has 1 heterocycles. The fourth-order valence-corrected chi connectivity index (χ4v) is 4.30. The zero-order chi connectivity index (χ0) is 28.8. The summed E-state index contributed by atoms with van der Waals surface area (Å²) in [5.74, 6) is 0. The smallest absolute Gasteiger partial charge is 0.422 e. The van der Waals surface area contributed by atoms with Crippen molar-refractivity contribution in [2.75, 3.05) is 5.32 Å². The number of hydrazine groups is 1. The maximum Gasteiger partial charge on any atom is 0.422 e. The molecule has 1 fully saturated rings. The maximum atomic E-state index is 12.7. The Bertz CT molecular complexity index is 1130. The minimum absolute atomic E-state index is 0.240. The van der Waals surface area contributed by atoms with E-state index in [2.05, 4.69) is 22.9 Å². The Kier molecular flexibility index (Phi) is 9.46. The van der Waals surface area contributed by atoms with Gasteiger partial charge in [-0.2, -0.15) is 5.01 Å². The standard InChI is InChI=1S/C31H43N3O5/c1-29(2,3)38-27(35)32-24-20-18-22(19-21-24)14-12-13-17-25-26(23-15-10-9-11-16-23)37-31(7,8)34(25)33-28(36)39-30(4,5)6/h9-11,13,15-21,25-26H,12,14H2,1-8H3,(H,32,35)(H,33,36)/b17-13+/t25-,26-/m1/s1. The van der Waals surface area contributed by atoms with Crippen LogP contribution in [0.15, 0.2) is 66.7 Å². The lowest BCUT2D eigenvalue weighted by molar-refractivity contribution is -0.0953. The fraction of sp³-hybridized carbons (Fsp3) is 0.484. The van der Waals surface area contributed by atoms with Gasteiger partial charge in [-0.1, -0.05) is 54.6 Å². The van der Waals surface area contributed by atoms with Gasteiger partial charge in [-0.05, 0) is 91.5 Å². The highest BCUT2D eigenvalue weighted by Gasteiger charge is 2.48. The summed E-state index contributed by atoms with van der Waals surface area (Å²) >= 11 is 0. The first-order valence-corrected chi connectivity index (χ1v) is 13.4. The van der Waals surface area contributed by atoms with Crippen molar-refractivity contribution in [3.05, 3.63) is 77.9 Å². The van der Waals surface area contributed by atoms with E-state index >= 15 is 0 Å². The zero-order valence-corrected chi connectivity index (χ0v) is 24.4. The number of nitrogens with zero attached hydrogens (tertiary/aromatic N) is 1. The molecule has 2 aromatic rings. The van der Waals surface area contributed by atoms with E-state index in [9.17, 15) is 9.59 Å². The normalized spacial score (nSPS) is 19.6. The molecule has 8 nitrogen and oxygen atoms in total. The van der Waals surface area contributed by atoms with Crippen molar-refractivity contribution in [3.8, 4) is 0 Å². The Labute approximate surface area is 232 Å². The van der Waals surface area contributed by atoms with Gasteiger partial charge in [0.15, 0.2) is 0 Å². The maximum absolute atomic E-state index is 12.7. The number of hydrogen-bond acceptors (Lipinski definition) is 6. The first-order chi connectivity index (χ1) is 18.1. The Morgan fingerprint density at radius 1 is 0.923 bits per heavy atom. The summed E-state index contributed by atoms with van der Waals surface area (Å²) in [6.07, 6.45) is 4.53. The predicted molar refractivity (Wildman–Crippen MR) is 153 cm³/mol. The van der Waals surface area contributed by atoms with Gasteiger partial charge in [0.05, 0.1) is 6.04 Å². The molecule has 8 heteroatoms. The Morgan fingerprint density at radius 3 is 2.10 bits per heavy atom. The van der Waals surface area contributed by atoms with Gasteiger partial charge in [-0.25, -0.2) is 9.59 Å². The van der Waals surface area contributed by atoms with Crippen molar-refractivity contribution in [3.63, 3.8) is 0 Å². The second-order valence-electron chi connectivity index (χ2n) is 12.2. The largest absolute Gasteiger partial charge is 0.444 e. The molecule has 1 aliphatic rings. The van der Waals surface area contributed by atoms with Crippen molar-refractivity contribution in [1.82, 2.24) is 10.4 Å². The van der Waals surface area contributed by atoms with Crippen LogP contribution in [-0.2, 0) is 20.6 Å². The zero-order valence-electron chi connectivity index (χ0n) is 24.4. The molecule has 2 atom stereocenters. The topological polar surface area (TPSA) is 89.1 Å². The van der Waals surface area contributed by atoms with Gasteiger partial charge >= 0.3 is 12.2 Å². The Balaban J connectivity index is 1.68. The molecule has 0 radical (unpaired) electrons. The van der Waals surface area contributed by atoms with Crippen molar-refractivity contribution in [2.24, 2.45) is 0 Å². The summed E-state index contributed by atoms with van der Waals surface area (Å²) in [7, 11) is 0. The summed E-state index contributed by atoms with van der Waals surface area (Å²) in [6.45, 7) is 14.9. The number of allylic oxidation sites excluding steroid dienone is 1. The van der Waals surface area contributed by atoms with Crippen molar-refractivity contribution in [2.45, 2.75) is 97.3 Å². The number of aryl methyl sites for hydroxylation is 1. The lowest BCUT2D eigenvalue weighted by Crippen LogP contribution is -2.55. The number of nitrogens with one attached hydrogen (secondary N) is 2. The quantitative estimate of drug-likeness (QED) is 0.365. The van der Waals surface area contributed by atoms with Crippen LogP contribution in [0.5, 0.6) is 0 Å². The molecule has 212 valence electrons. The fourth-order valence-electron chi connectivity index (χ4n) is 4.30. The number of rotatable bonds is 7. The minimum Gasteiger partial charge on any atom is -0.444 e. The summed E-state index contributed by atoms with van der Waals surface area (Å²) in [5.41, 5.74) is 3.85. The van der Waals surface area contributed by atoms with Gasteiger partial charge in [0.2, 0.25) is 0 Å². The highest BCUT2D eigenvalue weighted by atomic mass is 16.6. The van der Waals surface area contributed by atoms with Crippen LogP contribution in [-0.4, -0.2) is 40.2 Å². The van der Waals surface area contributed by atoms with Gasteiger partial charge < -0.3 is 14.2 Å². The van der Waals surface area contributed by atoms with E-state index in [4.69, 9.17) is 14.2 Å². The van der Waals surface area contributed by atoms with Gasteiger partial charge in [0.1, 0.15) is 23.0 Å². The van der Waals surface area contributed by atoms with E-state index in [1.807, 2.05) is 115 Å². The summed E-state index contributed by atoms with van der Waals surface area (Å²) < 4.78 is 17.3. The number of hydrogen-bond donors (Lipinski definition) is 2. The van der Waals surface area contributed by atoms with E-state index in [0.717, 1.165) is 24.0 Å². The average Bonchev–Trinajstić information content (AvgIpc) is 3.05. The lowest BCUT2D eigenvalue weighted by atomic mass is 10.0. The molecule has 0 spiro atoms. The van der Waals surface area contributed by atoms with Crippen LogP contribution in [0, 0.1) is 0 Å². The average molecular weight is 538 g/mol. The van der Waals surface area contributed by atoms with Gasteiger partial charge in [-0.15, -0.1) is 0 Å². The predicted octanol–water partition coefficient (Wildman–Crippen LogP) is 7.14. The SMILES string of the molecule is CC(C)(C)OC(=O)Nc1ccc(CC/C=C/[C@@H]2[C@@H](c3ccccc3)OC(C)(C)N2NC(=O)OC(C)(C)C)cc1. The number of anilines is 1. The molecule has 0 saturated carbocycles. The molecule has 2 amide bonds. The highest BCUT2D eigenvalue weighted by Crippen LogP contribution is 2.40. The van der Waals surface area contributed by atoms with Gasteiger partial charge in [-0.3, -0.25) is 10.7 Å². The van der Waals surface area contributed by atoms with Crippen molar-refractivity contribution < 1.29 is 23.8 Å². The highest BCUT2D eigenvalue weighted by molar-refractivity contribution is 5.84. The third kappa shape index (κ3) is 9.41. The van der Waals surface area contributed by atoms with E-state index in [-0.39, 0.29) is 12.1 Å².